The third-order valence-electron chi connectivity index (χ3n) is 10.7. The molecule has 0 aliphatic heterocycles. The van der Waals surface area contributed by atoms with E-state index in [0.717, 1.165) is 33.6 Å². The van der Waals surface area contributed by atoms with Gasteiger partial charge in [0.15, 0.2) is 0 Å². The van der Waals surface area contributed by atoms with E-state index in [0.29, 0.717) is 0 Å². The first-order valence-corrected chi connectivity index (χ1v) is 16.7. The van der Waals surface area contributed by atoms with E-state index in [2.05, 4.69) is 152 Å². The summed E-state index contributed by atoms with van der Waals surface area (Å²) in [6.45, 7) is 0. The zero-order chi connectivity index (χ0) is 31.8. The summed E-state index contributed by atoms with van der Waals surface area (Å²) in [6, 6.07) is 48.3. The molecule has 6 aromatic heterocycles. The highest BCUT2D eigenvalue weighted by Gasteiger charge is 2.25. The molecule has 0 unspecified atom stereocenters. The minimum absolute atomic E-state index is 0.889. The van der Waals surface area contributed by atoms with E-state index < -0.39 is 0 Å². The monoisotopic (exact) mass is 623 g/mol. The van der Waals surface area contributed by atoms with Gasteiger partial charge in [-0.3, -0.25) is 9.55 Å². The topological polar surface area (TPSA) is 40.0 Å². The lowest BCUT2D eigenvalue weighted by atomic mass is 9.98. The first kappa shape index (κ1) is 25.4. The third-order valence-corrected chi connectivity index (χ3v) is 10.7. The van der Waals surface area contributed by atoms with Gasteiger partial charge in [-0.25, -0.2) is 4.98 Å². The van der Waals surface area contributed by atoms with Crippen molar-refractivity contribution in [2.75, 3.05) is 0 Å². The highest BCUT2D eigenvalue weighted by molar-refractivity contribution is 6.38. The summed E-state index contributed by atoms with van der Waals surface area (Å²) < 4.78 is 7.11. The van der Waals surface area contributed by atoms with Crippen LogP contribution in [0.4, 0.5) is 0 Å². The molecule has 5 heteroatoms. The number of para-hydroxylation sites is 3. The summed E-state index contributed by atoms with van der Waals surface area (Å²) in [5, 5.41) is 12.6. The van der Waals surface area contributed by atoms with Crippen LogP contribution in [0.3, 0.4) is 0 Å². The summed E-state index contributed by atoms with van der Waals surface area (Å²) in [6.07, 6.45) is 5.81. The Morgan fingerprint density at radius 3 is 1.90 bits per heavy atom. The van der Waals surface area contributed by atoms with E-state index in [1.165, 1.54) is 70.4 Å². The minimum Gasteiger partial charge on any atom is -0.308 e. The third kappa shape index (κ3) is 3.10. The maximum absolute atomic E-state index is 5.20. The SMILES string of the molecule is c1ccc2c(c1)ccc1c2c2c3c4ccccc4n(-c4ccc(-n5c6ccccc6c6ccncc65)cn4)c3cc3c4ccccc4n1c32. The average molecular weight is 624 g/mol. The van der Waals surface area contributed by atoms with Crippen LogP contribution in [-0.2, 0) is 0 Å². The molecular weight excluding hydrogens is 599 g/mol. The lowest BCUT2D eigenvalue weighted by Gasteiger charge is -2.11. The summed E-state index contributed by atoms with van der Waals surface area (Å²) in [7, 11) is 0. The Morgan fingerprint density at radius 1 is 0.408 bits per heavy atom. The first-order chi connectivity index (χ1) is 24.3. The van der Waals surface area contributed by atoms with Crippen molar-refractivity contribution in [2.24, 2.45) is 0 Å². The van der Waals surface area contributed by atoms with Crippen LogP contribution in [0.25, 0.3) is 104 Å². The number of benzene rings is 6. The number of nitrogens with zero attached hydrogens (tertiary/aromatic N) is 5. The molecule has 0 atom stereocenters. The minimum atomic E-state index is 0.889. The number of rotatable bonds is 2. The van der Waals surface area contributed by atoms with Crippen molar-refractivity contribution < 1.29 is 0 Å². The van der Waals surface area contributed by atoms with Crippen LogP contribution in [0, 0.1) is 0 Å². The molecule has 226 valence electrons. The van der Waals surface area contributed by atoms with Gasteiger partial charge in [-0.1, -0.05) is 84.9 Å². The van der Waals surface area contributed by atoms with Crippen LogP contribution in [-0.4, -0.2) is 23.5 Å². The second-order valence-electron chi connectivity index (χ2n) is 13.0. The lowest BCUT2D eigenvalue weighted by Crippen LogP contribution is -2.00. The van der Waals surface area contributed by atoms with Crippen molar-refractivity contribution >= 4 is 92.5 Å². The first-order valence-electron chi connectivity index (χ1n) is 16.7. The van der Waals surface area contributed by atoms with Crippen LogP contribution >= 0.6 is 0 Å². The van der Waals surface area contributed by atoms with Crippen molar-refractivity contribution in [3.8, 4) is 11.5 Å². The molecule has 12 aromatic rings. The van der Waals surface area contributed by atoms with Gasteiger partial charge in [-0.05, 0) is 59.3 Å². The van der Waals surface area contributed by atoms with E-state index in [1.54, 1.807) is 0 Å². The van der Waals surface area contributed by atoms with E-state index in [9.17, 15) is 0 Å². The highest BCUT2D eigenvalue weighted by atomic mass is 15.1. The van der Waals surface area contributed by atoms with Crippen LogP contribution in [0.1, 0.15) is 0 Å². The number of aromatic nitrogens is 5. The Labute approximate surface area is 278 Å². The number of pyridine rings is 2. The van der Waals surface area contributed by atoms with E-state index in [1.807, 2.05) is 18.6 Å². The van der Waals surface area contributed by atoms with Crippen LogP contribution in [0.2, 0.25) is 0 Å². The molecule has 6 aromatic carbocycles. The molecule has 12 rings (SSSR count). The standard InChI is InChI=1S/C44H25N5/c1-2-10-28-26(9-1)17-19-37-41(28)43-42-32-13-5-8-16-36(32)48(38(42)23-33-30-12-4-7-15-35(30)49(37)44(33)43)40-20-18-27(24-46-40)47-34-14-6-3-11-29(34)31-21-22-45-25-39(31)47/h1-25H. The number of hydrogen-bond acceptors (Lipinski definition) is 2. The van der Waals surface area contributed by atoms with Crippen molar-refractivity contribution in [1.29, 1.82) is 0 Å². The summed E-state index contributed by atoms with van der Waals surface area (Å²) in [5.41, 5.74) is 9.29. The predicted octanol–water partition coefficient (Wildman–Crippen LogP) is 11.0. The van der Waals surface area contributed by atoms with Crippen molar-refractivity contribution in [2.45, 2.75) is 0 Å². The molecule has 5 nitrogen and oxygen atoms in total. The smallest absolute Gasteiger partial charge is 0.137 e. The molecule has 0 N–H and O–H groups in total. The zero-order valence-electron chi connectivity index (χ0n) is 26.2. The molecule has 49 heavy (non-hydrogen) atoms. The fraction of sp³-hybridized carbons (Fsp3) is 0. The second-order valence-corrected chi connectivity index (χ2v) is 13.0. The van der Waals surface area contributed by atoms with Gasteiger partial charge in [-0.2, -0.15) is 0 Å². The quantitative estimate of drug-likeness (QED) is 0.192. The van der Waals surface area contributed by atoms with E-state index >= 15 is 0 Å². The lowest BCUT2D eigenvalue weighted by molar-refractivity contribution is 1.05. The van der Waals surface area contributed by atoms with Gasteiger partial charge in [0.05, 0.1) is 56.7 Å². The van der Waals surface area contributed by atoms with Gasteiger partial charge < -0.3 is 8.97 Å². The van der Waals surface area contributed by atoms with E-state index in [4.69, 9.17) is 4.98 Å². The van der Waals surface area contributed by atoms with Crippen molar-refractivity contribution in [3.05, 3.63) is 152 Å². The van der Waals surface area contributed by atoms with Crippen LogP contribution in [0.15, 0.2) is 152 Å². The molecule has 6 heterocycles. The summed E-state index contributed by atoms with van der Waals surface area (Å²) >= 11 is 0. The Morgan fingerprint density at radius 2 is 1.08 bits per heavy atom. The van der Waals surface area contributed by atoms with Gasteiger partial charge in [-0.15, -0.1) is 0 Å². The molecule has 0 spiro atoms. The molecular formula is C44H25N5. The maximum Gasteiger partial charge on any atom is 0.137 e. The summed E-state index contributed by atoms with van der Waals surface area (Å²) in [4.78, 5) is 9.67. The second kappa shape index (κ2) is 9.00. The van der Waals surface area contributed by atoms with Gasteiger partial charge in [0.1, 0.15) is 5.82 Å². The average Bonchev–Trinajstić information content (AvgIpc) is 3.89. The zero-order valence-corrected chi connectivity index (χ0v) is 26.2. The Balaban J connectivity index is 1.21. The van der Waals surface area contributed by atoms with Crippen molar-refractivity contribution in [1.82, 2.24) is 23.5 Å². The normalized spacial score (nSPS) is 12.5. The molecule has 0 bridgehead atoms. The number of fused-ring (bicyclic) bond motifs is 15. The fourth-order valence-electron chi connectivity index (χ4n) is 8.76. The molecule has 0 radical (unpaired) electrons. The van der Waals surface area contributed by atoms with E-state index in [-0.39, 0.29) is 0 Å². The predicted molar refractivity (Wildman–Crippen MR) is 203 cm³/mol. The molecule has 0 amide bonds. The van der Waals surface area contributed by atoms with Gasteiger partial charge >= 0.3 is 0 Å². The Bertz CT molecular complexity index is 3270. The molecule has 0 aliphatic carbocycles. The summed E-state index contributed by atoms with van der Waals surface area (Å²) in [5.74, 6) is 0.889. The molecule has 0 aliphatic rings. The van der Waals surface area contributed by atoms with Crippen LogP contribution in [0.5, 0.6) is 0 Å². The molecule has 0 fully saturated rings. The largest absolute Gasteiger partial charge is 0.308 e. The molecule has 0 saturated carbocycles. The van der Waals surface area contributed by atoms with Gasteiger partial charge in [0.2, 0.25) is 0 Å². The Hall–Kier alpha value is -6.72. The highest BCUT2D eigenvalue weighted by Crippen LogP contribution is 2.48. The maximum atomic E-state index is 5.20. The molecule has 0 saturated heterocycles. The van der Waals surface area contributed by atoms with Gasteiger partial charge in [0.25, 0.3) is 0 Å². The van der Waals surface area contributed by atoms with Crippen molar-refractivity contribution in [3.63, 3.8) is 0 Å². The van der Waals surface area contributed by atoms with Crippen LogP contribution < -0.4 is 0 Å². The fourth-order valence-corrected chi connectivity index (χ4v) is 8.76. The Kier molecular flexibility index (Phi) is 4.66. The van der Waals surface area contributed by atoms with Gasteiger partial charge in [0, 0.05) is 49.3 Å². The number of hydrogen-bond donors (Lipinski definition) is 0.